The summed E-state index contributed by atoms with van der Waals surface area (Å²) >= 11 is 6.06. The fraction of sp³-hybridized carbons (Fsp3) is 0.417. The minimum Gasteiger partial charge on any atom is -0.479 e. The molecule has 0 bridgehead atoms. The number of benzene rings is 1. The van der Waals surface area contributed by atoms with E-state index in [-0.39, 0.29) is 5.56 Å². The summed E-state index contributed by atoms with van der Waals surface area (Å²) in [6.07, 6.45) is 1.29. The third-order valence-electron chi connectivity index (χ3n) is 2.44. The number of aryl methyl sites for hydroxylation is 1. The third kappa shape index (κ3) is 2.97. The van der Waals surface area contributed by atoms with Crippen LogP contribution in [0, 0.1) is 0 Å². The van der Waals surface area contributed by atoms with Crippen LogP contribution in [-0.4, -0.2) is 16.2 Å². The van der Waals surface area contributed by atoms with Crippen molar-refractivity contribution in [1.29, 1.82) is 0 Å². The maximum absolute atomic E-state index is 10.7. The Morgan fingerprint density at radius 3 is 2.75 bits per heavy atom. The molecule has 0 radical (unpaired) electrons. The van der Waals surface area contributed by atoms with E-state index in [1.807, 2.05) is 6.07 Å². The molecule has 0 saturated heterocycles. The number of hydrogen-bond acceptors (Lipinski definition) is 2. The second-order valence-electron chi connectivity index (χ2n) is 3.66. The molecule has 1 unspecified atom stereocenters. The van der Waals surface area contributed by atoms with Crippen molar-refractivity contribution >= 4 is 17.6 Å². The second-order valence-corrected chi connectivity index (χ2v) is 4.04. The lowest BCUT2D eigenvalue weighted by molar-refractivity contribution is -0.146. The molecule has 1 rings (SSSR count). The summed E-state index contributed by atoms with van der Waals surface area (Å²) < 4.78 is 0. The van der Waals surface area contributed by atoms with Gasteiger partial charge in [0.25, 0.3) is 0 Å². The van der Waals surface area contributed by atoms with Gasteiger partial charge in [-0.3, -0.25) is 0 Å². The fourth-order valence-electron chi connectivity index (χ4n) is 1.50. The van der Waals surface area contributed by atoms with Gasteiger partial charge in [-0.15, -0.1) is 0 Å². The first-order valence-corrected chi connectivity index (χ1v) is 5.63. The number of halogens is 1. The van der Waals surface area contributed by atoms with Gasteiger partial charge in [-0.25, -0.2) is 4.79 Å². The Kier molecular flexibility index (Phi) is 4.77. The van der Waals surface area contributed by atoms with Gasteiger partial charge in [-0.05, 0) is 18.4 Å². The molecule has 0 spiro atoms. The number of aliphatic hydroxyl groups is 1. The van der Waals surface area contributed by atoms with Gasteiger partial charge in [-0.1, -0.05) is 43.1 Å². The first-order chi connectivity index (χ1) is 7.57. The third-order valence-corrected chi connectivity index (χ3v) is 2.90. The Morgan fingerprint density at radius 1 is 1.50 bits per heavy atom. The number of carbonyl (C=O) groups is 1. The van der Waals surface area contributed by atoms with Gasteiger partial charge < -0.3 is 10.2 Å². The predicted molar refractivity (Wildman–Crippen MR) is 62.7 cm³/mol. The van der Waals surface area contributed by atoms with E-state index < -0.39 is 12.1 Å². The number of carboxylic acid groups (broad SMARTS) is 1. The van der Waals surface area contributed by atoms with Crippen LogP contribution in [0.5, 0.6) is 0 Å². The van der Waals surface area contributed by atoms with E-state index in [9.17, 15) is 9.90 Å². The summed E-state index contributed by atoms with van der Waals surface area (Å²) in [6.45, 7) is 2.07. The maximum atomic E-state index is 10.7. The van der Waals surface area contributed by atoms with E-state index in [1.165, 1.54) is 6.07 Å². The van der Waals surface area contributed by atoms with Crippen LogP contribution in [0.15, 0.2) is 18.2 Å². The van der Waals surface area contributed by atoms with Crippen molar-refractivity contribution in [2.24, 2.45) is 0 Å². The molecule has 2 N–H and O–H groups in total. The number of unbranched alkanes of at least 4 members (excludes halogenated alkanes) is 1. The molecule has 0 aliphatic carbocycles. The van der Waals surface area contributed by atoms with Gasteiger partial charge in [-0.2, -0.15) is 0 Å². The molecule has 3 nitrogen and oxygen atoms in total. The largest absolute Gasteiger partial charge is 0.479 e. The van der Waals surface area contributed by atoms with Gasteiger partial charge >= 0.3 is 5.97 Å². The van der Waals surface area contributed by atoms with Crippen molar-refractivity contribution in [3.63, 3.8) is 0 Å². The minimum atomic E-state index is -1.55. The summed E-state index contributed by atoms with van der Waals surface area (Å²) in [6, 6.07) is 5.12. The fourth-order valence-corrected chi connectivity index (χ4v) is 1.83. The van der Waals surface area contributed by atoms with Crippen molar-refractivity contribution in [1.82, 2.24) is 0 Å². The van der Waals surface area contributed by atoms with Gasteiger partial charge in [0.1, 0.15) is 0 Å². The lowest BCUT2D eigenvalue weighted by Gasteiger charge is -2.11. The molecule has 0 aliphatic heterocycles. The topological polar surface area (TPSA) is 57.5 Å². The van der Waals surface area contributed by atoms with Crippen LogP contribution in [0.2, 0.25) is 5.02 Å². The number of carboxylic acids is 1. The molecule has 16 heavy (non-hydrogen) atoms. The zero-order chi connectivity index (χ0) is 12.1. The van der Waals surface area contributed by atoms with Crippen LogP contribution >= 0.6 is 11.6 Å². The number of rotatable bonds is 5. The number of aliphatic carboxylic acids is 1. The standard InChI is InChI=1S/C12H15ClO3/c1-2-3-5-8-6-4-7-9(10(8)13)11(14)12(15)16/h4,6-7,11,14H,2-3,5H2,1H3,(H,15,16). The molecule has 0 saturated carbocycles. The Balaban J connectivity index is 2.98. The molecule has 0 aliphatic rings. The van der Waals surface area contributed by atoms with Crippen LogP contribution in [0.4, 0.5) is 0 Å². The highest BCUT2D eigenvalue weighted by Gasteiger charge is 2.20. The monoisotopic (exact) mass is 242 g/mol. The van der Waals surface area contributed by atoms with E-state index in [1.54, 1.807) is 6.07 Å². The summed E-state index contributed by atoms with van der Waals surface area (Å²) in [4.78, 5) is 10.7. The Hall–Kier alpha value is -1.06. The van der Waals surface area contributed by atoms with Crippen molar-refractivity contribution in [3.8, 4) is 0 Å². The SMILES string of the molecule is CCCCc1cccc(C(O)C(=O)O)c1Cl. The molecule has 1 aromatic rings. The molecule has 1 aromatic carbocycles. The number of hydrogen-bond donors (Lipinski definition) is 2. The predicted octanol–water partition coefficient (Wildman–Crippen LogP) is 2.80. The molecule has 88 valence electrons. The smallest absolute Gasteiger partial charge is 0.337 e. The van der Waals surface area contributed by atoms with Gasteiger partial charge in [0.05, 0.1) is 5.02 Å². The average Bonchev–Trinajstić information content (AvgIpc) is 2.26. The van der Waals surface area contributed by atoms with E-state index in [0.29, 0.717) is 5.02 Å². The summed E-state index contributed by atoms with van der Waals surface area (Å²) in [7, 11) is 0. The van der Waals surface area contributed by atoms with Crippen molar-refractivity contribution < 1.29 is 15.0 Å². The van der Waals surface area contributed by atoms with Crippen LogP contribution in [0.1, 0.15) is 37.0 Å². The zero-order valence-electron chi connectivity index (χ0n) is 9.11. The highest BCUT2D eigenvalue weighted by atomic mass is 35.5. The highest BCUT2D eigenvalue weighted by Crippen LogP contribution is 2.27. The maximum Gasteiger partial charge on any atom is 0.337 e. The quantitative estimate of drug-likeness (QED) is 0.835. The van der Waals surface area contributed by atoms with Gasteiger partial charge in [0.15, 0.2) is 6.10 Å². The van der Waals surface area contributed by atoms with Crippen LogP contribution in [-0.2, 0) is 11.2 Å². The van der Waals surface area contributed by atoms with Crippen molar-refractivity contribution in [3.05, 3.63) is 34.3 Å². The molecular weight excluding hydrogens is 228 g/mol. The Morgan fingerprint density at radius 2 is 2.19 bits per heavy atom. The zero-order valence-corrected chi connectivity index (χ0v) is 9.87. The summed E-state index contributed by atoms with van der Waals surface area (Å²) in [5.74, 6) is -1.28. The van der Waals surface area contributed by atoms with Crippen molar-refractivity contribution in [2.45, 2.75) is 32.3 Å². The van der Waals surface area contributed by atoms with Crippen LogP contribution in [0.3, 0.4) is 0 Å². The molecular formula is C12H15ClO3. The minimum absolute atomic E-state index is 0.266. The van der Waals surface area contributed by atoms with Crippen LogP contribution in [0.25, 0.3) is 0 Å². The Labute approximate surface area is 99.7 Å². The first-order valence-electron chi connectivity index (χ1n) is 5.26. The average molecular weight is 243 g/mol. The van der Waals surface area contributed by atoms with E-state index in [0.717, 1.165) is 24.8 Å². The lowest BCUT2D eigenvalue weighted by atomic mass is 10.0. The second kappa shape index (κ2) is 5.87. The summed E-state index contributed by atoms with van der Waals surface area (Å²) in [5.41, 5.74) is 1.16. The van der Waals surface area contributed by atoms with Gasteiger partial charge in [0.2, 0.25) is 0 Å². The van der Waals surface area contributed by atoms with Gasteiger partial charge in [0, 0.05) is 5.56 Å². The molecule has 1 atom stereocenters. The highest BCUT2D eigenvalue weighted by molar-refractivity contribution is 6.32. The molecule has 0 fully saturated rings. The van der Waals surface area contributed by atoms with E-state index in [2.05, 4.69) is 6.92 Å². The molecule has 0 amide bonds. The summed E-state index contributed by atoms with van der Waals surface area (Å²) in [5, 5.41) is 18.5. The normalized spacial score (nSPS) is 12.4. The molecule has 0 heterocycles. The molecule has 4 heteroatoms. The lowest BCUT2D eigenvalue weighted by Crippen LogP contribution is -2.11. The Bertz CT molecular complexity index is 377. The first kappa shape index (κ1) is 13.0. The number of aliphatic hydroxyl groups excluding tert-OH is 1. The molecule has 0 aromatic heterocycles. The van der Waals surface area contributed by atoms with E-state index in [4.69, 9.17) is 16.7 Å². The van der Waals surface area contributed by atoms with E-state index >= 15 is 0 Å². The van der Waals surface area contributed by atoms with Crippen LogP contribution < -0.4 is 0 Å². The van der Waals surface area contributed by atoms with Crippen molar-refractivity contribution in [2.75, 3.05) is 0 Å².